The maximum Gasteiger partial charge on any atom is 0.243 e. The molecule has 3 unspecified atom stereocenters. The summed E-state index contributed by atoms with van der Waals surface area (Å²) in [6, 6.07) is -0.0107. The second-order valence-corrected chi connectivity index (χ2v) is 9.42. The third-order valence-electron chi connectivity index (χ3n) is 7.71. The van der Waals surface area contributed by atoms with E-state index in [1.807, 2.05) is 0 Å². The molecule has 3 N–H and O–H groups in total. The van der Waals surface area contributed by atoms with Gasteiger partial charge in [-0.1, -0.05) is 0 Å². The van der Waals surface area contributed by atoms with E-state index >= 15 is 0 Å². The summed E-state index contributed by atoms with van der Waals surface area (Å²) >= 11 is 0. The molecule has 120 valence electrons. The van der Waals surface area contributed by atoms with Crippen LogP contribution in [-0.4, -0.2) is 44.6 Å². The summed E-state index contributed by atoms with van der Waals surface area (Å²) in [5, 5.41) is 25.1. The van der Waals surface area contributed by atoms with Crippen LogP contribution in [0.25, 0.3) is 0 Å². The molecule has 0 spiro atoms. The van der Waals surface area contributed by atoms with E-state index in [2.05, 4.69) is 5.32 Å². The van der Waals surface area contributed by atoms with E-state index in [1.165, 1.54) is 6.42 Å². The Morgan fingerprint density at radius 1 is 1.05 bits per heavy atom. The smallest absolute Gasteiger partial charge is 0.243 e. The molecule has 0 aromatic carbocycles. The lowest BCUT2D eigenvalue weighted by Gasteiger charge is -2.61. The number of rotatable bonds is 1. The number of nitrogens with one attached hydrogen (secondary N) is 1. The van der Waals surface area contributed by atoms with Crippen molar-refractivity contribution in [2.24, 2.45) is 23.2 Å². The molecule has 7 rings (SSSR count). The van der Waals surface area contributed by atoms with Gasteiger partial charge in [0.2, 0.25) is 5.91 Å². The van der Waals surface area contributed by atoms with Crippen LogP contribution < -0.4 is 5.32 Å². The summed E-state index contributed by atoms with van der Waals surface area (Å²) in [6.07, 6.45) is 7.66. The van der Waals surface area contributed by atoms with Gasteiger partial charge >= 0.3 is 0 Å². The molecular weight excluding hydrogens is 280 g/mol. The van der Waals surface area contributed by atoms with Gasteiger partial charge in [0.1, 0.15) is 0 Å². The number of nitrogens with zero attached hydrogens (tertiary/aromatic N) is 1. The van der Waals surface area contributed by atoms with Gasteiger partial charge in [0, 0.05) is 12.5 Å². The Kier molecular flexibility index (Phi) is 1.97. The zero-order valence-electron chi connectivity index (χ0n) is 12.8. The third-order valence-corrected chi connectivity index (χ3v) is 7.71. The number of aliphatic hydroxyl groups is 2. The van der Waals surface area contributed by atoms with E-state index in [-0.39, 0.29) is 23.4 Å². The van der Waals surface area contributed by atoms with Crippen LogP contribution in [0.1, 0.15) is 51.4 Å². The van der Waals surface area contributed by atoms with E-state index in [1.54, 1.807) is 4.90 Å². The molecular formula is C17H24N2O3. The van der Waals surface area contributed by atoms with Crippen molar-refractivity contribution in [3.8, 4) is 0 Å². The minimum absolute atomic E-state index is 0.109. The highest BCUT2D eigenvalue weighted by atomic mass is 16.3. The van der Waals surface area contributed by atoms with Crippen LogP contribution in [0.5, 0.6) is 0 Å². The zero-order chi connectivity index (χ0) is 14.9. The largest absolute Gasteiger partial charge is 0.390 e. The molecule has 7 fully saturated rings. The van der Waals surface area contributed by atoms with Crippen LogP contribution in [0.3, 0.4) is 0 Å². The Balaban J connectivity index is 1.39. The second-order valence-electron chi connectivity index (χ2n) is 9.42. The quantitative estimate of drug-likeness (QED) is 0.662. The van der Waals surface area contributed by atoms with Crippen LogP contribution in [0.15, 0.2) is 0 Å². The Morgan fingerprint density at radius 3 is 2.41 bits per heavy atom. The number of hydrogen-bond donors (Lipinski definition) is 3. The molecule has 7 aliphatic rings. The molecule has 22 heavy (non-hydrogen) atoms. The van der Waals surface area contributed by atoms with Crippen LogP contribution in [-0.2, 0) is 4.79 Å². The van der Waals surface area contributed by atoms with Crippen LogP contribution in [0.4, 0.5) is 0 Å². The Hall–Kier alpha value is -0.650. The van der Waals surface area contributed by atoms with Gasteiger partial charge in [0.15, 0.2) is 5.85 Å². The summed E-state index contributed by atoms with van der Waals surface area (Å²) in [6.45, 7) is 0. The Labute approximate surface area is 130 Å². The van der Waals surface area contributed by atoms with Gasteiger partial charge in [-0.05, 0) is 68.1 Å². The Bertz CT molecular complexity index is 578. The van der Waals surface area contributed by atoms with Gasteiger partial charge in [-0.15, -0.1) is 0 Å². The molecule has 2 aliphatic heterocycles. The number of fused-ring (bicyclic) bond motifs is 3. The van der Waals surface area contributed by atoms with E-state index in [0.29, 0.717) is 24.2 Å². The van der Waals surface area contributed by atoms with E-state index in [9.17, 15) is 15.0 Å². The standard InChI is InChI=1S/C17H24N2O3/c20-14-13(18-17(22)7-11-2-12(11)19(14)17)15-3-9-1-10(4-15)6-16(21,5-9)8-15/h9-13,18,21-22H,1-8H2/t9?,10?,11-,12-,13+,15?,16?,17?/m0/s1. The van der Waals surface area contributed by atoms with Crippen LogP contribution in [0, 0.1) is 23.2 Å². The summed E-state index contributed by atoms with van der Waals surface area (Å²) < 4.78 is 0. The summed E-state index contributed by atoms with van der Waals surface area (Å²) in [7, 11) is 0. The van der Waals surface area contributed by atoms with Gasteiger partial charge in [-0.3, -0.25) is 15.0 Å². The normalized spacial score (nSPS) is 64.2. The van der Waals surface area contributed by atoms with Crippen molar-refractivity contribution in [3.05, 3.63) is 0 Å². The molecule has 6 atom stereocenters. The van der Waals surface area contributed by atoms with E-state index in [4.69, 9.17) is 0 Å². The first kappa shape index (κ1) is 12.7. The molecule has 5 saturated carbocycles. The van der Waals surface area contributed by atoms with Crippen LogP contribution in [0.2, 0.25) is 0 Å². The van der Waals surface area contributed by atoms with Crippen molar-refractivity contribution in [3.63, 3.8) is 0 Å². The average Bonchev–Trinajstić information content (AvgIpc) is 2.95. The average molecular weight is 304 g/mol. The molecule has 0 aromatic rings. The SMILES string of the molecule is O=C1[C@H](C23CC4CC(CC(O)(C4)C2)C3)NC2(O)C[C@@H]3C[C@@H]3N12. The van der Waals surface area contributed by atoms with Crippen LogP contribution >= 0.6 is 0 Å². The first-order valence-corrected chi connectivity index (χ1v) is 8.96. The predicted octanol–water partition coefficient (Wildman–Crippen LogP) is 0.556. The van der Waals surface area contributed by atoms with Crippen molar-refractivity contribution in [2.75, 3.05) is 0 Å². The van der Waals surface area contributed by atoms with Gasteiger partial charge in [-0.25, -0.2) is 0 Å². The number of carbonyl (C=O) groups is 1. The minimum Gasteiger partial charge on any atom is -0.390 e. The number of hydrogen-bond acceptors (Lipinski definition) is 4. The fourth-order valence-electron chi connectivity index (χ4n) is 7.45. The van der Waals surface area contributed by atoms with Crippen molar-refractivity contribution in [1.29, 1.82) is 0 Å². The highest BCUT2D eigenvalue weighted by Crippen LogP contribution is 2.65. The van der Waals surface area contributed by atoms with Gasteiger partial charge in [-0.2, -0.15) is 0 Å². The van der Waals surface area contributed by atoms with Crippen molar-refractivity contribution >= 4 is 5.91 Å². The van der Waals surface area contributed by atoms with Crippen molar-refractivity contribution in [2.45, 2.75) is 74.9 Å². The molecule has 4 bridgehead atoms. The zero-order valence-corrected chi connectivity index (χ0v) is 12.8. The lowest BCUT2D eigenvalue weighted by molar-refractivity contribution is -0.176. The van der Waals surface area contributed by atoms with E-state index < -0.39 is 11.4 Å². The highest BCUT2D eigenvalue weighted by molar-refractivity contribution is 5.87. The summed E-state index contributed by atoms with van der Waals surface area (Å²) in [5.74, 6) is 0.654. The highest BCUT2D eigenvalue weighted by Gasteiger charge is 2.71. The topological polar surface area (TPSA) is 72.8 Å². The molecule has 5 nitrogen and oxygen atoms in total. The molecule has 1 amide bonds. The lowest BCUT2D eigenvalue weighted by Crippen LogP contribution is -2.63. The first-order valence-electron chi connectivity index (χ1n) is 8.96. The van der Waals surface area contributed by atoms with E-state index in [0.717, 1.165) is 38.5 Å². The summed E-state index contributed by atoms with van der Waals surface area (Å²) in [5.41, 5.74) is -0.676. The fraction of sp³-hybridized carbons (Fsp3) is 0.941. The van der Waals surface area contributed by atoms with Gasteiger partial charge < -0.3 is 10.2 Å². The molecule has 0 aromatic heterocycles. The predicted molar refractivity (Wildman–Crippen MR) is 77.3 cm³/mol. The molecule has 2 heterocycles. The van der Waals surface area contributed by atoms with Crippen molar-refractivity contribution < 1.29 is 15.0 Å². The first-order chi connectivity index (χ1) is 10.4. The van der Waals surface area contributed by atoms with Gasteiger partial charge in [0.05, 0.1) is 11.6 Å². The number of amides is 1. The Morgan fingerprint density at radius 2 is 1.77 bits per heavy atom. The van der Waals surface area contributed by atoms with Crippen molar-refractivity contribution in [1.82, 2.24) is 10.2 Å². The molecule has 5 aliphatic carbocycles. The molecule has 2 saturated heterocycles. The lowest BCUT2D eigenvalue weighted by atomic mass is 9.46. The van der Waals surface area contributed by atoms with Gasteiger partial charge in [0.25, 0.3) is 0 Å². The monoisotopic (exact) mass is 304 g/mol. The number of piperidine rings is 1. The third kappa shape index (κ3) is 1.35. The summed E-state index contributed by atoms with van der Waals surface area (Å²) in [4.78, 5) is 14.8. The maximum absolute atomic E-state index is 13.1. The minimum atomic E-state index is -1.10. The fourth-order valence-corrected chi connectivity index (χ4v) is 7.45. The number of carbonyl (C=O) groups excluding carboxylic acids is 1. The second kappa shape index (κ2) is 3.40. The maximum atomic E-state index is 13.1. The molecule has 0 radical (unpaired) electrons. The molecule has 5 heteroatoms.